The van der Waals surface area contributed by atoms with Crippen LogP contribution < -0.4 is 15.0 Å². The molecule has 7 nitrogen and oxygen atoms in total. The van der Waals surface area contributed by atoms with Crippen LogP contribution in [0.15, 0.2) is 6.20 Å². The molecule has 24 heavy (non-hydrogen) atoms. The lowest BCUT2D eigenvalue weighted by Crippen LogP contribution is -2.50. The van der Waals surface area contributed by atoms with E-state index < -0.39 is 0 Å². The number of methoxy groups -OCH3 is 1. The van der Waals surface area contributed by atoms with E-state index >= 15 is 0 Å². The summed E-state index contributed by atoms with van der Waals surface area (Å²) in [5, 5.41) is 3.25. The van der Waals surface area contributed by atoms with Crippen molar-refractivity contribution in [2.75, 3.05) is 39.7 Å². The van der Waals surface area contributed by atoms with Gasteiger partial charge in [-0.15, -0.1) is 0 Å². The number of aromatic nitrogens is 2. The Morgan fingerprint density at radius 1 is 1.38 bits per heavy atom. The van der Waals surface area contributed by atoms with Gasteiger partial charge in [-0.05, 0) is 37.6 Å². The third-order valence-corrected chi connectivity index (χ3v) is 6.01. The monoisotopic (exact) mass is 331 g/mol. The molecule has 3 fully saturated rings. The second-order valence-corrected chi connectivity index (χ2v) is 7.57. The number of nitrogens with one attached hydrogen (secondary N) is 1. The molecule has 2 aliphatic carbocycles. The topological polar surface area (TPSA) is 70.6 Å². The highest BCUT2D eigenvalue weighted by Crippen LogP contribution is 2.54. The lowest BCUT2D eigenvalue weighted by Gasteiger charge is -2.31. The number of carbonyl (C=O) groups excluding carboxylic acids is 1. The van der Waals surface area contributed by atoms with Gasteiger partial charge in [0, 0.05) is 38.9 Å². The molecule has 1 aliphatic heterocycles. The van der Waals surface area contributed by atoms with Crippen molar-refractivity contribution < 1.29 is 9.53 Å². The quantitative estimate of drug-likeness (QED) is 0.872. The molecule has 1 amide bonds. The summed E-state index contributed by atoms with van der Waals surface area (Å²) in [4.78, 5) is 25.6. The van der Waals surface area contributed by atoms with Crippen LogP contribution in [-0.4, -0.2) is 67.7 Å². The van der Waals surface area contributed by atoms with Crippen LogP contribution in [0.1, 0.15) is 23.2 Å². The molecule has 130 valence electrons. The molecule has 0 spiro atoms. The summed E-state index contributed by atoms with van der Waals surface area (Å²) in [6, 6.07) is 0.704. The zero-order valence-corrected chi connectivity index (χ0v) is 14.7. The van der Waals surface area contributed by atoms with Gasteiger partial charge >= 0.3 is 0 Å². The number of nitrogens with zero attached hydrogens (tertiary/aromatic N) is 4. The molecule has 7 heteroatoms. The van der Waals surface area contributed by atoms with Crippen molar-refractivity contribution >= 4 is 11.9 Å². The van der Waals surface area contributed by atoms with Crippen molar-refractivity contribution in [3.63, 3.8) is 0 Å². The molecular formula is C17H25N5O2. The van der Waals surface area contributed by atoms with Crippen LogP contribution in [0.4, 0.5) is 5.95 Å². The standard InChI is InChI=1S/C17H25N5O2/c1-21(2)17-18-7-12(16(20-17)24-4)15(23)19-13-9-5-10-8-22(3)14(13)11(10)6-9/h7,9-11,13-14H,5-6,8H2,1-4H3,(H,19,23)/t9-,10-,11+,13-,14-/m0/s1. The molecule has 4 rings (SSSR count). The van der Waals surface area contributed by atoms with Gasteiger partial charge < -0.3 is 19.9 Å². The minimum absolute atomic E-state index is 0.133. The van der Waals surface area contributed by atoms with E-state index in [1.807, 2.05) is 14.1 Å². The summed E-state index contributed by atoms with van der Waals surface area (Å²) in [5.74, 6) is 2.90. The van der Waals surface area contributed by atoms with E-state index in [0.717, 1.165) is 11.8 Å². The molecule has 1 aromatic rings. The fraction of sp³-hybridized carbons (Fsp3) is 0.706. The van der Waals surface area contributed by atoms with E-state index in [0.29, 0.717) is 29.4 Å². The molecule has 2 bridgehead atoms. The Hall–Kier alpha value is -1.89. The molecule has 1 saturated heterocycles. The predicted molar refractivity (Wildman–Crippen MR) is 90.3 cm³/mol. The predicted octanol–water partition coefficient (Wildman–Crippen LogP) is 0.620. The first kappa shape index (κ1) is 15.6. The van der Waals surface area contributed by atoms with Crippen LogP contribution in [0.25, 0.3) is 0 Å². The van der Waals surface area contributed by atoms with E-state index in [1.54, 1.807) is 11.1 Å². The molecule has 2 heterocycles. The number of hydrogen-bond acceptors (Lipinski definition) is 6. The fourth-order valence-corrected chi connectivity index (χ4v) is 5.08. The fourth-order valence-electron chi connectivity index (χ4n) is 5.08. The summed E-state index contributed by atoms with van der Waals surface area (Å²) in [6.07, 6.45) is 4.05. The van der Waals surface area contributed by atoms with Gasteiger partial charge in [-0.3, -0.25) is 4.79 Å². The van der Waals surface area contributed by atoms with Gasteiger partial charge in [0.1, 0.15) is 5.56 Å². The average Bonchev–Trinajstić information content (AvgIpc) is 3.17. The Morgan fingerprint density at radius 3 is 2.88 bits per heavy atom. The van der Waals surface area contributed by atoms with Gasteiger partial charge in [0.05, 0.1) is 7.11 Å². The Kier molecular flexibility index (Phi) is 3.63. The molecule has 1 N–H and O–H groups in total. The van der Waals surface area contributed by atoms with Crippen molar-refractivity contribution in [1.29, 1.82) is 0 Å². The number of ether oxygens (including phenoxy) is 1. The lowest BCUT2D eigenvalue weighted by molar-refractivity contribution is 0.0894. The van der Waals surface area contributed by atoms with Gasteiger partial charge in [-0.1, -0.05) is 0 Å². The second kappa shape index (κ2) is 5.58. The van der Waals surface area contributed by atoms with Crippen LogP contribution in [0.2, 0.25) is 0 Å². The van der Waals surface area contributed by atoms with Crippen LogP contribution in [0, 0.1) is 17.8 Å². The van der Waals surface area contributed by atoms with E-state index in [1.165, 1.54) is 26.5 Å². The number of anilines is 1. The van der Waals surface area contributed by atoms with Crippen molar-refractivity contribution in [1.82, 2.24) is 20.2 Å². The maximum atomic E-state index is 12.8. The molecule has 3 aliphatic rings. The summed E-state index contributed by atoms with van der Waals surface area (Å²) in [6.45, 7) is 1.17. The Bertz CT molecular complexity index is 662. The minimum atomic E-state index is -0.133. The number of rotatable bonds is 4. The number of likely N-dealkylation sites (N-methyl/N-ethyl adjacent to an activating group) is 1. The Morgan fingerprint density at radius 2 is 2.17 bits per heavy atom. The normalized spacial score (nSPS) is 33.8. The van der Waals surface area contributed by atoms with Crippen molar-refractivity contribution in [3.8, 4) is 5.88 Å². The number of carbonyl (C=O) groups is 1. The molecule has 2 saturated carbocycles. The first-order valence-corrected chi connectivity index (χ1v) is 8.59. The maximum absolute atomic E-state index is 12.8. The highest BCUT2D eigenvalue weighted by Gasteiger charge is 2.58. The number of hydrogen-bond donors (Lipinski definition) is 1. The summed E-state index contributed by atoms with van der Waals surface area (Å²) in [7, 11) is 7.43. The molecular weight excluding hydrogens is 306 g/mol. The Balaban J connectivity index is 1.55. The van der Waals surface area contributed by atoms with Gasteiger partial charge in [0.25, 0.3) is 5.91 Å². The van der Waals surface area contributed by atoms with Gasteiger partial charge in [0.15, 0.2) is 0 Å². The molecule has 0 unspecified atom stereocenters. The third-order valence-electron chi connectivity index (χ3n) is 6.01. The largest absolute Gasteiger partial charge is 0.480 e. The van der Waals surface area contributed by atoms with Crippen molar-refractivity contribution in [3.05, 3.63) is 11.8 Å². The van der Waals surface area contributed by atoms with Crippen molar-refractivity contribution in [2.45, 2.75) is 24.9 Å². The van der Waals surface area contributed by atoms with E-state index in [9.17, 15) is 4.79 Å². The zero-order chi connectivity index (χ0) is 17.0. The summed E-state index contributed by atoms with van der Waals surface area (Å²) in [5.41, 5.74) is 0.406. The summed E-state index contributed by atoms with van der Waals surface area (Å²) < 4.78 is 5.32. The first-order chi connectivity index (χ1) is 11.5. The van der Waals surface area contributed by atoms with Crippen LogP contribution in [0.3, 0.4) is 0 Å². The zero-order valence-electron chi connectivity index (χ0n) is 14.7. The summed E-state index contributed by atoms with van der Waals surface area (Å²) >= 11 is 0. The lowest BCUT2D eigenvalue weighted by atomic mass is 9.86. The van der Waals surface area contributed by atoms with E-state index in [-0.39, 0.29) is 11.9 Å². The average molecular weight is 331 g/mol. The van der Waals surface area contributed by atoms with Crippen LogP contribution in [-0.2, 0) is 0 Å². The van der Waals surface area contributed by atoms with E-state index in [2.05, 4.69) is 27.2 Å². The van der Waals surface area contributed by atoms with E-state index in [4.69, 9.17) is 4.74 Å². The van der Waals surface area contributed by atoms with Crippen molar-refractivity contribution in [2.24, 2.45) is 17.8 Å². The minimum Gasteiger partial charge on any atom is -0.480 e. The first-order valence-electron chi connectivity index (χ1n) is 8.59. The highest BCUT2D eigenvalue weighted by atomic mass is 16.5. The molecule has 0 radical (unpaired) electrons. The molecule has 5 atom stereocenters. The SMILES string of the molecule is COc1nc(N(C)C)ncc1C(=O)N[C@H]1[C@H]2C[C@H]3CN(C)[C@H]1[C@@H]3C2. The number of fused-ring (bicyclic) bond motifs is 1. The number of amides is 1. The highest BCUT2D eigenvalue weighted by molar-refractivity contribution is 5.96. The third kappa shape index (κ3) is 2.25. The number of likely N-dealkylation sites (tertiary alicyclic amines) is 1. The van der Waals surface area contributed by atoms with Gasteiger partial charge in [0.2, 0.25) is 11.8 Å². The smallest absolute Gasteiger partial charge is 0.258 e. The molecule has 1 aromatic heterocycles. The van der Waals surface area contributed by atoms with Gasteiger partial charge in [-0.25, -0.2) is 4.98 Å². The van der Waals surface area contributed by atoms with Gasteiger partial charge in [-0.2, -0.15) is 4.98 Å². The van der Waals surface area contributed by atoms with Crippen LogP contribution >= 0.6 is 0 Å². The van der Waals surface area contributed by atoms with Crippen LogP contribution in [0.5, 0.6) is 5.88 Å². The Labute approximate surface area is 142 Å². The second-order valence-electron chi connectivity index (χ2n) is 7.57. The molecule has 0 aromatic carbocycles. The maximum Gasteiger partial charge on any atom is 0.258 e.